The van der Waals surface area contributed by atoms with Gasteiger partial charge < -0.3 is 10.6 Å². The van der Waals surface area contributed by atoms with Crippen molar-refractivity contribution in [2.24, 2.45) is 0 Å². The molecule has 0 radical (unpaired) electrons. The summed E-state index contributed by atoms with van der Waals surface area (Å²) in [5, 5.41) is 0. The highest BCUT2D eigenvalue weighted by Gasteiger charge is 2.05. The van der Waals surface area contributed by atoms with E-state index in [9.17, 15) is 4.39 Å². The first kappa shape index (κ1) is 13.6. The van der Waals surface area contributed by atoms with Crippen molar-refractivity contribution in [2.45, 2.75) is 13.0 Å². The van der Waals surface area contributed by atoms with Gasteiger partial charge in [0.1, 0.15) is 5.82 Å². The summed E-state index contributed by atoms with van der Waals surface area (Å²) in [6.07, 6.45) is 0.979. The van der Waals surface area contributed by atoms with E-state index in [1.54, 1.807) is 6.07 Å². The van der Waals surface area contributed by atoms with Crippen LogP contribution in [0.2, 0.25) is 0 Å². The second-order valence-electron chi connectivity index (χ2n) is 4.82. The molecular formula is C16H19FN2. The first-order chi connectivity index (χ1) is 9.15. The van der Waals surface area contributed by atoms with Crippen molar-refractivity contribution < 1.29 is 4.39 Å². The van der Waals surface area contributed by atoms with Gasteiger partial charge in [0, 0.05) is 18.8 Å². The third-order valence-corrected chi connectivity index (χ3v) is 3.17. The molecule has 0 spiro atoms. The van der Waals surface area contributed by atoms with Gasteiger partial charge in [-0.15, -0.1) is 0 Å². The van der Waals surface area contributed by atoms with Crippen LogP contribution in [-0.4, -0.2) is 18.5 Å². The van der Waals surface area contributed by atoms with Gasteiger partial charge in [-0.1, -0.05) is 30.3 Å². The van der Waals surface area contributed by atoms with Gasteiger partial charge in [-0.2, -0.15) is 0 Å². The molecule has 0 aromatic heterocycles. The van der Waals surface area contributed by atoms with Crippen molar-refractivity contribution in [2.75, 3.05) is 19.3 Å². The average Bonchev–Trinajstić information content (AvgIpc) is 2.42. The molecule has 2 aromatic carbocycles. The summed E-state index contributed by atoms with van der Waals surface area (Å²) in [6.45, 7) is 1.58. The van der Waals surface area contributed by atoms with E-state index in [1.165, 1.54) is 17.7 Å². The van der Waals surface area contributed by atoms with E-state index in [4.69, 9.17) is 5.73 Å². The summed E-state index contributed by atoms with van der Waals surface area (Å²) >= 11 is 0. The molecular weight excluding hydrogens is 239 g/mol. The van der Waals surface area contributed by atoms with E-state index < -0.39 is 0 Å². The van der Waals surface area contributed by atoms with Crippen LogP contribution in [0.1, 0.15) is 11.1 Å². The molecule has 0 atom stereocenters. The van der Waals surface area contributed by atoms with Crippen LogP contribution in [0.4, 0.5) is 10.1 Å². The second kappa shape index (κ2) is 6.34. The Labute approximate surface area is 113 Å². The van der Waals surface area contributed by atoms with Crippen molar-refractivity contribution in [3.8, 4) is 0 Å². The van der Waals surface area contributed by atoms with Crippen LogP contribution in [0.5, 0.6) is 0 Å². The highest BCUT2D eigenvalue weighted by atomic mass is 19.1. The van der Waals surface area contributed by atoms with Crippen molar-refractivity contribution in [1.29, 1.82) is 0 Å². The van der Waals surface area contributed by atoms with Crippen LogP contribution in [-0.2, 0) is 13.0 Å². The van der Waals surface area contributed by atoms with Crippen molar-refractivity contribution >= 4 is 5.69 Å². The number of nitrogens with zero attached hydrogens (tertiary/aromatic N) is 1. The second-order valence-corrected chi connectivity index (χ2v) is 4.82. The first-order valence-electron chi connectivity index (χ1n) is 6.41. The lowest BCUT2D eigenvalue weighted by atomic mass is 10.1. The maximum absolute atomic E-state index is 13.2. The molecule has 19 heavy (non-hydrogen) atoms. The number of rotatable bonds is 5. The van der Waals surface area contributed by atoms with Crippen LogP contribution in [0, 0.1) is 5.82 Å². The monoisotopic (exact) mass is 258 g/mol. The number of nitrogens with two attached hydrogens (primary N) is 1. The highest BCUT2D eigenvalue weighted by molar-refractivity contribution is 5.46. The molecule has 0 amide bonds. The number of benzene rings is 2. The minimum atomic E-state index is -0.236. The first-order valence-corrected chi connectivity index (χ1v) is 6.41. The maximum atomic E-state index is 13.2. The number of likely N-dealkylation sites (N-methyl/N-ethyl adjacent to an activating group) is 1. The van der Waals surface area contributed by atoms with Gasteiger partial charge in [0.2, 0.25) is 0 Å². The summed E-state index contributed by atoms with van der Waals surface area (Å²) in [4.78, 5) is 2.15. The molecule has 0 aliphatic carbocycles. The number of halogens is 1. The van der Waals surface area contributed by atoms with Gasteiger partial charge in [-0.05, 0) is 42.8 Å². The summed E-state index contributed by atoms with van der Waals surface area (Å²) in [7, 11) is 2.02. The molecule has 3 heteroatoms. The zero-order valence-corrected chi connectivity index (χ0v) is 11.1. The molecule has 2 N–H and O–H groups in total. The third kappa shape index (κ3) is 4.07. The molecule has 0 fully saturated rings. The van der Waals surface area contributed by atoms with Crippen molar-refractivity contribution in [3.05, 3.63) is 65.5 Å². The summed E-state index contributed by atoms with van der Waals surface area (Å²) in [6, 6.07) is 14.8. The van der Waals surface area contributed by atoms with Crippen LogP contribution < -0.4 is 5.73 Å². The molecule has 0 aliphatic heterocycles. The molecule has 0 heterocycles. The van der Waals surface area contributed by atoms with Gasteiger partial charge in [-0.3, -0.25) is 0 Å². The molecule has 0 bridgehead atoms. The quantitative estimate of drug-likeness (QED) is 0.835. The van der Waals surface area contributed by atoms with Gasteiger partial charge in [0.05, 0.1) is 0 Å². The van der Waals surface area contributed by atoms with E-state index in [2.05, 4.69) is 17.0 Å². The van der Waals surface area contributed by atoms with E-state index >= 15 is 0 Å². The number of hydrogen-bond donors (Lipinski definition) is 1. The number of nitrogen functional groups attached to an aromatic ring is 1. The zero-order chi connectivity index (χ0) is 13.7. The Kier molecular flexibility index (Phi) is 4.53. The van der Waals surface area contributed by atoms with Crippen LogP contribution >= 0.6 is 0 Å². The van der Waals surface area contributed by atoms with Gasteiger partial charge in [-0.25, -0.2) is 4.39 Å². The minimum Gasteiger partial charge on any atom is -0.398 e. The molecule has 2 nitrogen and oxygen atoms in total. The highest BCUT2D eigenvalue weighted by Crippen LogP contribution is 2.15. The summed E-state index contributed by atoms with van der Waals surface area (Å²) in [5.74, 6) is -0.236. The Morgan fingerprint density at radius 2 is 1.84 bits per heavy atom. The summed E-state index contributed by atoms with van der Waals surface area (Å²) < 4.78 is 13.2. The number of hydrogen-bond acceptors (Lipinski definition) is 2. The van der Waals surface area contributed by atoms with Crippen LogP contribution in [0.25, 0.3) is 0 Å². The lowest BCUT2D eigenvalue weighted by molar-refractivity contribution is 0.331. The number of anilines is 1. The van der Waals surface area contributed by atoms with Gasteiger partial charge in [0.15, 0.2) is 0 Å². The Bertz CT molecular complexity index is 526. The molecule has 0 saturated heterocycles. The van der Waals surface area contributed by atoms with Crippen molar-refractivity contribution in [1.82, 2.24) is 4.90 Å². The van der Waals surface area contributed by atoms with E-state index in [0.717, 1.165) is 18.5 Å². The van der Waals surface area contributed by atoms with E-state index in [-0.39, 0.29) is 5.82 Å². The van der Waals surface area contributed by atoms with E-state index in [1.807, 2.05) is 25.2 Å². The molecule has 2 rings (SSSR count). The molecule has 0 saturated carbocycles. The minimum absolute atomic E-state index is 0.236. The summed E-state index contributed by atoms with van der Waals surface area (Å²) in [5.41, 5.74) is 8.65. The molecule has 2 aromatic rings. The smallest absolute Gasteiger partial charge is 0.123 e. The standard InChI is InChI=1S/C16H19FN2/c1-19(10-9-13-5-3-2-4-6-13)12-14-11-15(17)7-8-16(14)18/h2-8,11H,9-10,12,18H2,1H3. The zero-order valence-electron chi connectivity index (χ0n) is 11.1. The third-order valence-electron chi connectivity index (χ3n) is 3.17. The Hall–Kier alpha value is -1.87. The van der Waals surface area contributed by atoms with Gasteiger partial charge >= 0.3 is 0 Å². The fraction of sp³-hybridized carbons (Fsp3) is 0.250. The predicted octanol–water partition coefficient (Wildman–Crippen LogP) is 3.08. The Morgan fingerprint density at radius 3 is 2.58 bits per heavy atom. The van der Waals surface area contributed by atoms with Gasteiger partial charge in [0.25, 0.3) is 0 Å². The fourth-order valence-electron chi connectivity index (χ4n) is 2.05. The van der Waals surface area contributed by atoms with Crippen LogP contribution in [0.3, 0.4) is 0 Å². The molecule has 0 unspecified atom stereocenters. The van der Waals surface area contributed by atoms with Crippen molar-refractivity contribution in [3.63, 3.8) is 0 Å². The largest absolute Gasteiger partial charge is 0.398 e. The Balaban J connectivity index is 1.90. The lowest BCUT2D eigenvalue weighted by Crippen LogP contribution is -2.21. The predicted molar refractivity (Wildman–Crippen MR) is 77.3 cm³/mol. The average molecular weight is 258 g/mol. The van der Waals surface area contributed by atoms with E-state index in [0.29, 0.717) is 12.2 Å². The normalized spacial score (nSPS) is 10.9. The fourth-order valence-corrected chi connectivity index (χ4v) is 2.05. The lowest BCUT2D eigenvalue weighted by Gasteiger charge is -2.18. The SMILES string of the molecule is CN(CCc1ccccc1)Cc1cc(F)ccc1N. The maximum Gasteiger partial charge on any atom is 0.123 e. The van der Waals surface area contributed by atoms with Crippen LogP contribution in [0.15, 0.2) is 48.5 Å². The molecule has 0 aliphatic rings. The topological polar surface area (TPSA) is 29.3 Å². The Morgan fingerprint density at radius 1 is 1.11 bits per heavy atom. The molecule has 100 valence electrons.